The summed E-state index contributed by atoms with van der Waals surface area (Å²) in [5.74, 6) is 0.496. The van der Waals surface area contributed by atoms with Crippen LogP contribution in [-0.2, 0) is 10.0 Å². The molecule has 0 saturated heterocycles. The van der Waals surface area contributed by atoms with Crippen LogP contribution in [0.25, 0.3) is 10.8 Å². The van der Waals surface area contributed by atoms with Crippen molar-refractivity contribution < 1.29 is 8.42 Å². The van der Waals surface area contributed by atoms with Crippen LogP contribution in [0.2, 0.25) is 0 Å². The highest BCUT2D eigenvalue weighted by atomic mass is 32.2. The van der Waals surface area contributed by atoms with E-state index < -0.39 is 10.0 Å². The molecule has 0 amide bonds. The van der Waals surface area contributed by atoms with E-state index in [1.54, 1.807) is 37.4 Å². The van der Waals surface area contributed by atoms with Crippen molar-refractivity contribution in [2.24, 2.45) is 5.92 Å². The maximum Gasteiger partial charge on any atom is 0.243 e. The average Bonchev–Trinajstić information content (AvgIpc) is 3.29. The predicted octanol–water partition coefficient (Wildman–Crippen LogP) is 2.84. The molecule has 1 aliphatic carbocycles. The quantitative estimate of drug-likeness (QED) is 0.883. The fourth-order valence-corrected chi connectivity index (χ4v) is 4.38. The largest absolute Gasteiger partial charge is 0.399 e. The summed E-state index contributed by atoms with van der Waals surface area (Å²) in [6, 6.07) is 10.7. The van der Waals surface area contributed by atoms with Crippen LogP contribution in [0, 0.1) is 5.92 Å². The molecule has 3 rings (SSSR count). The van der Waals surface area contributed by atoms with Crippen LogP contribution < -0.4 is 5.73 Å². The van der Waals surface area contributed by atoms with Crippen molar-refractivity contribution in [1.82, 2.24) is 4.31 Å². The van der Waals surface area contributed by atoms with Gasteiger partial charge >= 0.3 is 0 Å². The zero-order valence-electron chi connectivity index (χ0n) is 12.3. The fraction of sp³-hybridized carbons (Fsp3) is 0.375. The average molecular weight is 304 g/mol. The van der Waals surface area contributed by atoms with Crippen molar-refractivity contribution >= 4 is 26.5 Å². The Morgan fingerprint density at radius 2 is 1.95 bits per heavy atom. The summed E-state index contributed by atoms with van der Waals surface area (Å²) in [7, 11) is -1.82. The van der Waals surface area contributed by atoms with Crippen LogP contribution in [0.15, 0.2) is 41.3 Å². The van der Waals surface area contributed by atoms with E-state index in [0.29, 0.717) is 16.5 Å². The molecular weight excluding hydrogens is 284 g/mol. The number of sulfonamides is 1. The summed E-state index contributed by atoms with van der Waals surface area (Å²) >= 11 is 0. The molecule has 21 heavy (non-hydrogen) atoms. The van der Waals surface area contributed by atoms with Crippen molar-refractivity contribution in [3.63, 3.8) is 0 Å². The van der Waals surface area contributed by atoms with E-state index in [-0.39, 0.29) is 6.04 Å². The third-order valence-electron chi connectivity index (χ3n) is 4.40. The van der Waals surface area contributed by atoms with E-state index in [9.17, 15) is 8.42 Å². The maximum absolute atomic E-state index is 12.9. The summed E-state index contributed by atoms with van der Waals surface area (Å²) < 4.78 is 27.3. The number of hydrogen-bond donors (Lipinski definition) is 1. The van der Waals surface area contributed by atoms with E-state index in [1.807, 2.05) is 13.0 Å². The summed E-state index contributed by atoms with van der Waals surface area (Å²) in [6.45, 7) is 1.98. The van der Waals surface area contributed by atoms with E-state index in [2.05, 4.69) is 0 Å². The number of nitrogens with zero attached hydrogens (tertiary/aromatic N) is 1. The zero-order valence-corrected chi connectivity index (χ0v) is 13.1. The van der Waals surface area contributed by atoms with Gasteiger partial charge in [-0.1, -0.05) is 18.2 Å². The first-order chi connectivity index (χ1) is 9.91. The van der Waals surface area contributed by atoms with Crippen molar-refractivity contribution in [3.8, 4) is 0 Å². The van der Waals surface area contributed by atoms with E-state index >= 15 is 0 Å². The van der Waals surface area contributed by atoms with E-state index in [1.165, 1.54) is 4.31 Å². The van der Waals surface area contributed by atoms with Gasteiger partial charge in [0.05, 0.1) is 4.90 Å². The first kappa shape index (κ1) is 14.4. The molecule has 1 unspecified atom stereocenters. The van der Waals surface area contributed by atoms with Gasteiger partial charge in [0, 0.05) is 24.2 Å². The molecule has 5 heteroatoms. The summed E-state index contributed by atoms with van der Waals surface area (Å²) in [5, 5.41) is 1.57. The van der Waals surface area contributed by atoms with Crippen LogP contribution in [0.4, 0.5) is 5.69 Å². The topological polar surface area (TPSA) is 63.4 Å². The van der Waals surface area contributed by atoms with Gasteiger partial charge in [-0.3, -0.25) is 0 Å². The maximum atomic E-state index is 12.9. The van der Waals surface area contributed by atoms with Gasteiger partial charge in [-0.25, -0.2) is 8.42 Å². The molecule has 1 aliphatic rings. The highest BCUT2D eigenvalue weighted by molar-refractivity contribution is 7.89. The number of nitrogen functional groups attached to an aromatic ring is 1. The number of benzene rings is 2. The van der Waals surface area contributed by atoms with Crippen LogP contribution in [0.1, 0.15) is 19.8 Å². The molecule has 0 bridgehead atoms. The molecule has 0 heterocycles. The van der Waals surface area contributed by atoms with Gasteiger partial charge in [0.15, 0.2) is 0 Å². The lowest BCUT2D eigenvalue weighted by Gasteiger charge is -2.24. The van der Waals surface area contributed by atoms with Gasteiger partial charge in [-0.2, -0.15) is 4.31 Å². The van der Waals surface area contributed by atoms with Crippen LogP contribution in [0.3, 0.4) is 0 Å². The zero-order chi connectivity index (χ0) is 15.2. The molecular formula is C16H20N2O2S. The molecule has 0 aromatic heterocycles. The normalized spacial score (nSPS) is 17.3. The molecule has 1 saturated carbocycles. The van der Waals surface area contributed by atoms with Gasteiger partial charge in [0.25, 0.3) is 0 Å². The van der Waals surface area contributed by atoms with Crippen LogP contribution in [0.5, 0.6) is 0 Å². The Hall–Kier alpha value is -1.59. The second-order valence-electron chi connectivity index (χ2n) is 5.84. The Morgan fingerprint density at radius 3 is 2.62 bits per heavy atom. The van der Waals surface area contributed by atoms with Gasteiger partial charge in [0.2, 0.25) is 10.0 Å². The first-order valence-electron chi connectivity index (χ1n) is 7.17. The van der Waals surface area contributed by atoms with Gasteiger partial charge in [-0.05, 0) is 49.3 Å². The summed E-state index contributed by atoms with van der Waals surface area (Å²) in [5.41, 5.74) is 6.42. The monoisotopic (exact) mass is 304 g/mol. The minimum absolute atomic E-state index is 0.0408. The molecule has 0 spiro atoms. The van der Waals surface area contributed by atoms with E-state index in [0.717, 1.165) is 23.6 Å². The molecule has 0 aliphatic heterocycles. The summed E-state index contributed by atoms with van der Waals surface area (Å²) in [6.07, 6.45) is 2.24. The Morgan fingerprint density at radius 1 is 1.24 bits per heavy atom. The molecule has 1 atom stereocenters. The second-order valence-corrected chi connectivity index (χ2v) is 7.80. The molecule has 2 N–H and O–H groups in total. The Bertz CT molecular complexity index is 782. The number of nitrogens with two attached hydrogens (primary N) is 1. The lowest BCUT2D eigenvalue weighted by atomic mass is 10.1. The Labute approximate surface area is 125 Å². The highest BCUT2D eigenvalue weighted by Crippen LogP contribution is 2.37. The minimum Gasteiger partial charge on any atom is -0.399 e. The Balaban J connectivity index is 2.10. The standard InChI is InChI=1S/C16H20N2O2S/c1-11(12-6-7-12)18(2)21(19,20)16-5-3-4-13-10-14(17)8-9-15(13)16/h3-5,8-12H,6-7,17H2,1-2H3. The van der Waals surface area contributed by atoms with Crippen molar-refractivity contribution in [2.45, 2.75) is 30.7 Å². The molecule has 1 fully saturated rings. The van der Waals surface area contributed by atoms with Crippen LogP contribution in [-0.4, -0.2) is 25.8 Å². The van der Waals surface area contributed by atoms with Crippen molar-refractivity contribution in [1.29, 1.82) is 0 Å². The van der Waals surface area contributed by atoms with Crippen molar-refractivity contribution in [3.05, 3.63) is 36.4 Å². The second kappa shape index (κ2) is 5.00. The molecule has 2 aromatic carbocycles. The minimum atomic E-state index is -3.49. The first-order valence-corrected chi connectivity index (χ1v) is 8.61. The highest BCUT2D eigenvalue weighted by Gasteiger charge is 2.36. The number of hydrogen-bond acceptors (Lipinski definition) is 3. The lowest BCUT2D eigenvalue weighted by molar-refractivity contribution is 0.357. The number of rotatable bonds is 4. The lowest BCUT2D eigenvalue weighted by Crippen LogP contribution is -2.36. The van der Waals surface area contributed by atoms with Gasteiger partial charge < -0.3 is 5.73 Å². The van der Waals surface area contributed by atoms with E-state index in [4.69, 9.17) is 5.73 Å². The smallest absolute Gasteiger partial charge is 0.243 e. The predicted molar refractivity (Wildman–Crippen MR) is 85.5 cm³/mol. The van der Waals surface area contributed by atoms with Gasteiger partial charge in [-0.15, -0.1) is 0 Å². The summed E-state index contributed by atoms with van der Waals surface area (Å²) in [4.78, 5) is 0.356. The fourth-order valence-electron chi connectivity index (χ4n) is 2.75. The third-order valence-corrected chi connectivity index (χ3v) is 6.40. The Kier molecular flexibility index (Phi) is 3.42. The van der Waals surface area contributed by atoms with Crippen molar-refractivity contribution in [2.75, 3.05) is 12.8 Å². The molecule has 0 radical (unpaired) electrons. The molecule has 112 valence electrons. The molecule has 2 aromatic rings. The number of fused-ring (bicyclic) bond motifs is 1. The SMILES string of the molecule is CC(C1CC1)N(C)S(=O)(=O)c1cccc2cc(N)ccc12. The van der Waals surface area contributed by atoms with Crippen LogP contribution >= 0.6 is 0 Å². The van der Waals surface area contributed by atoms with Gasteiger partial charge in [0.1, 0.15) is 0 Å². The number of anilines is 1. The third kappa shape index (κ3) is 2.51. The molecule has 4 nitrogen and oxygen atoms in total.